The highest BCUT2D eigenvalue weighted by molar-refractivity contribution is 6.32. The Labute approximate surface area is 94.2 Å². The smallest absolute Gasteiger partial charge is 0.138 e. The van der Waals surface area contributed by atoms with Crippen LogP contribution in [0.3, 0.4) is 0 Å². The summed E-state index contributed by atoms with van der Waals surface area (Å²) in [6.45, 7) is 2.50. The van der Waals surface area contributed by atoms with Crippen LogP contribution in [-0.4, -0.2) is 12.6 Å². The lowest BCUT2D eigenvalue weighted by atomic mass is 10.2. The lowest BCUT2D eigenvalue weighted by Crippen LogP contribution is -2.15. The van der Waals surface area contributed by atoms with E-state index in [1.807, 2.05) is 6.92 Å². The molecule has 0 aliphatic carbocycles. The van der Waals surface area contributed by atoms with Crippen molar-refractivity contribution in [3.05, 3.63) is 29.0 Å². The Balaban J connectivity index is 2.37. The van der Waals surface area contributed by atoms with E-state index >= 15 is 0 Å². The van der Waals surface area contributed by atoms with Gasteiger partial charge in [-0.2, -0.15) is 0 Å². The molecule has 0 amide bonds. The highest BCUT2D eigenvalue weighted by atomic mass is 35.5. The molecule has 1 unspecified atom stereocenters. The van der Waals surface area contributed by atoms with E-state index in [2.05, 4.69) is 0 Å². The lowest BCUT2D eigenvalue weighted by Gasteiger charge is -2.08. The first kappa shape index (κ1) is 12.3. The van der Waals surface area contributed by atoms with Gasteiger partial charge in [-0.1, -0.05) is 11.6 Å². The van der Waals surface area contributed by atoms with E-state index in [0.717, 1.165) is 12.8 Å². The maximum atomic E-state index is 12.7. The van der Waals surface area contributed by atoms with Crippen LogP contribution in [0.2, 0.25) is 5.02 Å². The summed E-state index contributed by atoms with van der Waals surface area (Å²) in [5, 5.41) is 0.302. The van der Waals surface area contributed by atoms with Crippen LogP contribution in [0.15, 0.2) is 18.2 Å². The molecule has 2 N–H and O–H groups in total. The molecule has 0 heterocycles. The highest BCUT2D eigenvalue weighted by Crippen LogP contribution is 2.24. The number of rotatable bonds is 5. The molecule has 4 heteroatoms. The van der Waals surface area contributed by atoms with E-state index in [4.69, 9.17) is 22.1 Å². The van der Waals surface area contributed by atoms with Crippen LogP contribution in [0.1, 0.15) is 19.8 Å². The average Bonchev–Trinajstić information content (AvgIpc) is 2.14. The summed E-state index contributed by atoms with van der Waals surface area (Å²) in [6, 6.07) is 4.27. The maximum Gasteiger partial charge on any atom is 0.138 e. The second kappa shape index (κ2) is 5.93. The number of hydrogen-bond donors (Lipinski definition) is 1. The number of hydrogen-bond acceptors (Lipinski definition) is 2. The minimum absolute atomic E-state index is 0.178. The monoisotopic (exact) mass is 231 g/mol. The Morgan fingerprint density at radius 2 is 2.27 bits per heavy atom. The summed E-state index contributed by atoms with van der Waals surface area (Å²) in [5.41, 5.74) is 5.59. The van der Waals surface area contributed by atoms with E-state index in [1.165, 1.54) is 18.2 Å². The molecule has 84 valence electrons. The third-order valence-corrected chi connectivity index (χ3v) is 2.25. The summed E-state index contributed by atoms with van der Waals surface area (Å²) in [5.74, 6) is 0.158. The van der Waals surface area contributed by atoms with Gasteiger partial charge in [-0.3, -0.25) is 0 Å². The fourth-order valence-electron chi connectivity index (χ4n) is 1.18. The molecule has 1 rings (SSSR count). The van der Waals surface area contributed by atoms with Gasteiger partial charge >= 0.3 is 0 Å². The van der Waals surface area contributed by atoms with Crippen LogP contribution < -0.4 is 10.5 Å². The Morgan fingerprint density at radius 3 is 2.87 bits per heavy atom. The van der Waals surface area contributed by atoms with Crippen molar-refractivity contribution in [2.75, 3.05) is 6.61 Å². The molecular formula is C11H15ClFNO. The molecule has 1 aromatic carbocycles. The second-order valence-electron chi connectivity index (χ2n) is 3.54. The third-order valence-electron chi connectivity index (χ3n) is 1.96. The molecule has 0 saturated heterocycles. The van der Waals surface area contributed by atoms with Crippen molar-refractivity contribution in [2.45, 2.75) is 25.8 Å². The van der Waals surface area contributed by atoms with E-state index < -0.39 is 0 Å². The summed E-state index contributed by atoms with van der Waals surface area (Å²) in [7, 11) is 0. The van der Waals surface area contributed by atoms with E-state index in [0.29, 0.717) is 17.4 Å². The Morgan fingerprint density at radius 1 is 1.53 bits per heavy atom. The first-order chi connectivity index (χ1) is 7.09. The van der Waals surface area contributed by atoms with E-state index in [9.17, 15) is 4.39 Å². The van der Waals surface area contributed by atoms with Crippen molar-refractivity contribution in [2.24, 2.45) is 5.73 Å². The number of nitrogens with two attached hydrogens (primary N) is 1. The minimum atomic E-state index is -0.358. The molecule has 0 aliphatic rings. The first-order valence-electron chi connectivity index (χ1n) is 4.93. The van der Waals surface area contributed by atoms with Gasteiger partial charge < -0.3 is 10.5 Å². The molecule has 0 saturated carbocycles. The molecule has 0 radical (unpaired) electrons. The quantitative estimate of drug-likeness (QED) is 0.791. The largest absolute Gasteiger partial charge is 0.492 e. The van der Waals surface area contributed by atoms with Crippen molar-refractivity contribution in [1.82, 2.24) is 0 Å². The van der Waals surface area contributed by atoms with Crippen LogP contribution in [0, 0.1) is 5.82 Å². The lowest BCUT2D eigenvalue weighted by molar-refractivity contribution is 0.302. The van der Waals surface area contributed by atoms with Gasteiger partial charge in [0.1, 0.15) is 11.6 Å². The van der Waals surface area contributed by atoms with Gasteiger partial charge in [-0.15, -0.1) is 0 Å². The van der Waals surface area contributed by atoms with E-state index in [-0.39, 0.29) is 11.9 Å². The molecule has 2 nitrogen and oxygen atoms in total. The van der Waals surface area contributed by atoms with Crippen LogP contribution in [0.5, 0.6) is 5.75 Å². The first-order valence-corrected chi connectivity index (χ1v) is 5.31. The Kier molecular flexibility index (Phi) is 4.85. The number of benzene rings is 1. The summed E-state index contributed by atoms with van der Waals surface area (Å²) in [4.78, 5) is 0. The van der Waals surface area contributed by atoms with Crippen molar-refractivity contribution < 1.29 is 9.13 Å². The molecule has 15 heavy (non-hydrogen) atoms. The van der Waals surface area contributed by atoms with Crippen molar-refractivity contribution in [1.29, 1.82) is 0 Å². The molecule has 0 spiro atoms. The fourth-order valence-corrected chi connectivity index (χ4v) is 1.40. The Hall–Kier alpha value is -0.800. The summed E-state index contributed by atoms with van der Waals surface area (Å²) >= 11 is 5.78. The topological polar surface area (TPSA) is 35.2 Å². The molecular weight excluding hydrogens is 217 g/mol. The zero-order chi connectivity index (χ0) is 11.3. The predicted octanol–water partition coefficient (Wildman–Crippen LogP) is 2.99. The standard InChI is InChI=1S/C11H15ClFNO/c1-8(14)3-2-6-15-11-5-4-9(13)7-10(11)12/h4-5,7-8H,2-3,6,14H2,1H3. The van der Waals surface area contributed by atoms with Gasteiger partial charge in [0.05, 0.1) is 11.6 Å². The Bertz CT molecular complexity index is 317. The zero-order valence-electron chi connectivity index (χ0n) is 8.67. The van der Waals surface area contributed by atoms with Crippen molar-refractivity contribution in [3.63, 3.8) is 0 Å². The summed E-state index contributed by atoms with van der Waals surface area (Å²) < 4.78 is 18.1. The normalized spacial score (nSPS) is 12.5. The van der Waals surface area contributed by atoms with Crippen LogP contribution in [0.25, 0.3) is 0 Å². The molecule has 0 bridgehead atoms. The van der Waals surface area contributed by atoms with Gasteiger partial charge in [0, 0.05) is 6.04 Å². The van der Waals surface area contributed by atoms with Gasteiger partial charge in [0.15, 0.2) is 0 Å². The van der Waals surface area contributed by atoms with Gasteiger partial charge in [-0.05, 0) is 38.0 Å². The van der Waals surface area contributed by atoms with Gasteiger partial charge in [0.2, 0.25) is 0 Å². The molecule has 0 aliphatic heterocycles. The number of ether oxygens (including phenoxy) is 1. The van der Waals surface area contributed by atoms with Gasteiger partial charge in [-0.25, -0.2) is 4.39 Å². The van der Waals surface area contributed by atoms with Crippen LogP contribution in [0.4, 0.5) is 4.39 Å². The average molecular weight is 232 g/mol. The van der Waals surface area contributed by atoms with Crippen molar-refractivity contribution >= 4 is 11.6 Å². The highest BCUT2D eigenvalue weighted by Gasteiger charge is 2.02. The number of halogens is 2. The molecule has 1 atom stereocenters. The maximum absolute atomic E-state index is 12.7. The molecule has 0 fully saturated rings. The van der Waals surface area contributed by atoms with Crippen LogP contribution >= 0.6 is 11.6 Å². The van der Waals surface area contributed by atoms with E-state index in [1.54, 1.807) is 0 Å². The summed E-state index contributed by atoms with van der Waals surface area (Å²) in [6.07, 6.45) is 1.77. The molecule has 0 aromatic heterocycles. The minimum Gasteiger partial charge on any atom is -0.492 e. The van der Waals surface area contributed by atoms with Crippen molar-refractivity contribution in [3.8, 4) is 5.75 Å². The molecule has 1 aromatic rings. The zero-order valence-corrected chi connectivity index (χ0v) is 9.43. The fraction of sp³-hybridized carbons (Fsp3) is 0.455. The van der Waals surface area contributed by atoms with Crippen LogP contribution in [-0.2, 0) is 0 Å². The van der Waals surface area contributed by atoms with Gasteiger partial charge in [0.25, 0.3) is 0 Å². The SMILES string of the molecule is CC(N)CCCOc1ccc(F)cc1Cl. The third kappa shape index (κ3) is 4.49. The second-order valence-corrected chi connectivity index (χ2v) is 3.95. The predicted molar refractivity (Wildman–Crippen MR) is 59.8 cm³/mol.